The second-order valence-electron chi connectivity index (χ2n) is 6.63. The van der Waals surface area contributed by atoms with Gasteiger partial charge in [0, 0.05) is 17.0 Å². The van der Waals surface area contributed by atoms with Gasteiger partial charge in [0.25, 0.3) is 0 Å². The van der Waals surface area contributed by atoms with Crippen molar-refractivity contribution < 1.29 is 9.53 Å². The second kappa shape index (κ2) is 10.8. The molecule has 158 valence electrons. The predicted octanol–water partition coefficient (Wildman–Crippen LogP) is 4.21. The van der Waals surface area contributed by atoms with E-state index in [4.69, 9.17) is 4.74 Å². The maximum absolute atomic E-state index is 12.3. The molecule has 0 bridgehead atoms. The normalized spacial score (nSPS) is 10.7. The fourth-order valence-electron chi connectivity index (χ4n) is 2.97. The van der Waals surface area contributed by atoms with Gasteiger partial charge in [0.1, 0.15) is 18.2 Å². The molecule has 4 rings (SSSR count). The second-order valence-corrected chi connectivity index (χ2v) is 8.60. The predicted molar refractivity (Wildman–Crippen MR) is 124 cm³/mol. The van der Waals surface area contributed by atoms with Crippen LogP contribution in [0.4, 0.5) is 0 Å². The minimum absolute atomic E-state index is 0.0657. The lowest BCUT2D eigenvalue weighted by atomic mass is 10.3. The molecular formula is C23H22N4O2S2. The monoisotopic (exact) mass is 450 g/mol. The fourth-order valence-corrected chi connectivity index (χ4v) is 4.47. The third-order valence-corrected chi connectivity index (χ3v) is 6.20. The lowest BCUT2D eigenvalue weighted by Crippen LogP contribution is -2.29. The van der Waals surface area contributed by atoms with Crippen LogP contribution in [-0.4, -0.2) is 39.6 Å². The van der Waals surface area contributed by atoms with Crippen molar-refractivity contribution in [1.82, 2.24) is 20.1 Å². The number of nitrogens with zero attached hydrogens (tertiary/aromatic N) is 3. The van der Waals surface area contributed by atoms with E-state index in [1.54, 1.807) is 11.3 Å². The quantitative estimate of drug-likeness (QED) is 0.290. The minimum Gasteiger partial charge on any atom is -0.492 e. The van der Waals surface area contributed by atoms with Crippen molar-refractivity contribution in [2.24, 2.45) is 0 Å². The van der Waals surface area contributed by atoms with Gasteiger partial charge in [-0.2, -0.15) is 0 Å². The van der Waals surface area contributed by atoms with Crippen molar-refractivity contribution in [3.63, 3.8) is 0 Å². The Kier molecular flexibility index (Phi) is 7.36. The summed E-state index contributed by atoms with van der Waals surface area (Å²) < 4.78 is 7.63. The summed E-state index contributed by atoms with van der Waals surface area (Å²) in [6, 6.07) is 23.7. The van der Waals surface area contributed by atoms with Crippen molar-refractivity contribution in [1.29, 1.82) is 0 Å². The number of rotatable bonds is 10. The van der Waals surface area contributed by atoms with Gasteiger partial charge >= 0.3 is 0 Å². The standard InChI is InChI=1S/C23H22N4O2S2/c28-22(24-13-14-29-19-10-5-2-6-11-19)17-31-23-26-25-21(16-20-12-7-15-30-20)27(23)18-8-3-1-4-9-18/h1-12,15H,13-14,16-17H2,(H,24,28). The van der Waals surface area contributed by atoms with Gasteiger partial charge in [0.2, 0.25) is 5.91 Å². The van der Waals surface area contributed by atoms with Crippen LogP contribution in [0.15, 0.2) is 83.3 Å². The lowest BCUT2D eigenvalue weighted by Gasteiger charge is -2.10. The zero-order valence-electron chi connectivity index (χ0n) is 16.8. The largest absolute Gasteiger partial charge is 0.492 e. The van der Waals surface area contributed by atoms with Crippen molar-refractivity contribution in [3.8, 4) is 11.4 Å². The summed E-state index contributed by atoms with van der Waals surface area (Å²) in [7, 11) is 0. The molecule has 0 unspecified atom stereocenters. The Hall–Kier alpha value is -3.10. The molecule has 0 fully saturated rings. The molecule has 2 heterocycles. The number of hydrogen-bond donors (Lipinski definition) is 1. The zero-order valence-corrected chi connectivity index (χ0v) is 18.4. The number of carbonyl (C=O) groups excluding carboxylic acids is 1. The lowest BCUT2D eigenvalue weighted by molar-refractivity contribution is -0.118. The Balaban J connectivity index is 1.35. The summed E-state index contributed by atoms with van der Waals surface area (Å²) >= 11 is 3.07. The Labute approximate surface area is 189 Å². The number of thiophene rings is 1. The molecule has 2 aromatic heterocycles. The van der Waals surface area contributed by atoms with Gasteiger partial charge in [-0.25, -0.2) is 0 Å². The van der Waals surface area contributed by atoms with Gasteiger partial charge < -0.3 is 10.1 Å². The molecule has 0 saturated carbocycles. The van der Waals surface area contributed by atoms with Crippen molar-refractivity contribution >= 4 is 29.0 Å². The van der Waals surface area contributed by atoms with Gasteiger partial charge in [-0.15, -0.1) is 21.5 Å². The van der Waals surface area contributed by atoms with E-state index in [9.17, 15) is 4.79 Å². The number of aromatic nitrogens is 3. The van der Waals surface area contributed by atoms with Crippen LogP contribution >= 0.6 is 23.1 Å². The van der Waals surface area contributed by atoms with E-state index in [0.29, 0.717) is 24.7 Å². The summed E-state index contributed by atoms with van der Waals surface area (Å²) in [6.45, 7) is 0.870. The summed E-state index contributed by atoms with van der Waals surface area (Å²) in [5.41, 5.74) is 0.984. The Morgan fingerprint density at radius 2 is 1.77 bits per heavy atom. The van der Waals surface area contributed by atoms with Crippen LogP contribution in [0.1, 0.15) is 10.7 Å². The maximum atomic E-state index is 12.3. The highest BCUT2D eigenvalue weighted by Crippen LogP contribution is 2.24. The first-order valence-corrected chi connectivity index (χ1v) is 11.8. The van der Waals surface area contributed by atoms with E-state index < -0.39 is 0 Å². The van der Waals surface area contributed by atoms with Crippen LogP contribution in [-0.2, 0) is 11.2 Å². The molecule has 2 aromatic carbocycles. The molecule has 31 heavy (non-hydrogen) atoms. The van der Waals surface area contributed by atoms with Gasteiger partial charge in [-0.05, 0) is 35.7 Å². The number of carbonyl (C=O) groups is 1. The average Bonchev–Trinajstić information content (AvgIpc) is 3.47. The Morgan fingerprint density at radius 1 is 1.00 bits per heavy atom. The smallest absolute Gasteiger partial charge is 0.230 e. The fraction of sp³-hybridized carbons (Fsp3) is 0.174. The summed E-state index contributed by atoms with van der Waals surface area (Å²) in [6.07, 6.45) is 0.698. The maximum Gasteiger partial charge on any atom is 0.230 e. The summed E-state index contributed by atoms with van der Waals surface area (Å²) in [4.78, 5) is 13.5. The zero-order chi connectivity index (χ0) is 21.3. The molecule has 0 aliphatic rings. The highest BCUT2D eigenvalue weighted by molar-refractivity contribution is 7.99. The number of amides is 1. The molecule has 1 amide bonds. The van der Waals surface area contributed by atoms with Crippen LogP contribution in [0.3, 0.4) is 0 Å². The number of hydrogen-bond acceptors (Lipinski definition) is 6. The van der Waals surface area contributed by atoms with Gasteiger partial charge in [-0.3, -0.25) is 9.36 Å². The van der Waals surface area contributed by atoms with Gasteiger partial charge in [0.15, 0.2) is 5.16 Å². The third-order valence-electron chi connectivity index (χ3n) is 4.40. The number of para-hydroxylation sites is 2. The average molecular weight is 451 g/mol. The molecular weight excluding hydrogens is 428 g/mol. The molecule has 6 nitrogen and oxygen atoms in total. The van der Waals surface area contributed by atoms with E-state index in [2.05, 4.69) is 27.0 Å². The van der Waals surface area contributed by atoms with Crippen LogP contribution < -0.4 is 10.1 Å². The first kappa shape index (κ1) is 21.1. The number of benzene rings is 2. The van der Waals surface area contributed by atoms with Crippen LogP contribution in [0.5, 0.6) is 5.75 Å². The molecule has 0 aliphatic carbocycles. The molecule has 0 saturated heterocycles. The highest BCUT2D eigenvalue weighted by atomic mass is 32.2. The topological polar surface area (TPSA) is 69.0 Å². The summed E-state index contributed by atoms with van der Waals surface area (Å²) in [5, 5.41) is 14.4. The van der Waals surface area contributed by atoms with Crippen LogP contribution in [0.25, 0.3) is 5.69 Å². The Bertz CT molecular complexity index is 1080. The van der Waals surface area contributed by atoms with Crippen molar-refractivity contribution in [2.45, 2.75) is 11.6 Å². The molecule has 0 aliphatic heterocycles. The van der Waals surface area contributed by atoms with Crippen molar-refractivity contribution in [3.05, 3.63) is 88.9 Å². The first-order chi connectivity index (χ1) is 15.3. The van der Waals surface area contributed by atoms with Crippen LogP contribution in [0, 0.1) is 0 Å². The highest BCUT2D eigenvalue weighted by Gasteiger charge is 2.16. The van der Waals surface area contributed by atoms with E-state index in [1.807, 2.05) is 71.3 Å². The first-order valence-electron chi connectivity index (χ1n) is 9.89. The number of ether oxygens (including phenoxy) is 1. The van der Waals surface area contributed by atoms with Gasteiger partial charge in [-0.1, -0.05) is 54.2 Å². The molecule has 0 spiro atoms. The third kappa shape index (κ3) is 5.96. The molecule has 0 radical (unpaired) electrons. The van der Waals surface area contributed by atoms with Crippen LogP contribution in [0.2, 0.25) is 0 Å². The minimum atomic E-state index is -0.0657. The van der Waals surface area contributed by atoms with Crippen molar-refractivity contribution in [2.75, 3.05) is 18.9 Å². The summed E-state index contributed by atoms with van der Waals surface area (Å²) in [5.74, 6) is 1.84. The number of nitrogens with one attached hydrogen (secondary N) is 1. The van der Waals surface area contributed by atoms with E-state index in [1.165, 1.54) is 16.6 Å². The van der Waals surface area contributed by atoms with E-state index in [0.717, 1.165) is 17.3 Å². The SMILES string of the molecule is O=C(CSc1nnc(Cc2cccs2)n1-c1ccccc1)NCCOc1ccccc1. The van der Waals surface area contributed by atoms with E-state index >= 15 is 0 Å². The van der Waals surface area contributed by atoms with Gasteiger partial charge in [0.05, 0.1) is 12.3 Å². The molecule has 0 atom stereocenters. The molecule has 8 heteroatoms. The molecule has 1 N–H and O–H groups in total. The van der Waals surface area contributed by atoms with E-state index in [-0.39, 0.29) is 11.7 Å². The molecule has 4 aromatic rings. The Morgan fingerprint density at radius 3 is 2.52 bits per heavy atom. The number of thioether (sulfide) groups is 1.